The van der Waals surface area contributed by atoms with Crippen molar-refractivity contribution in [3.8, 4) is 23.0 Å². The van der Waals surface area contributed by atoms with Crippen LogP contribution in [0.2, 0.25) is 0 Å². The molecule has 2 fully saturated rings. The SMILES string of the molecule is C=C1C[C@H]2C=Nc3cc(OCCP(=O)(CCOc4cc5c(cc4OC)C(=O)N4CC(=C)C[C@@H]4C=N5)CNC(=O)CCC(C)(C)SSC)c(OC)cc3C(=O)N2C1. The molecule has 4 aliphatic heterocycles. The van der Waals surface area contributed by atoms with E-state index in [0.29, 0.717) is 84.3 Å². The van der Waals surface area contributed by atoms with Crippen LogP contribution >= 0.6 is 28.7 Å². The van der Waals surface area contributed by atoms with Crippen LogP contribution in [0.5, 0.6) is 23.0 Å². The van der Waals surface area contributed by atoms with Crippen LogP contribution in [-0.4, -0.2) is 122 Å². The van der Waals surface area contributed by atoms with E-state index in [1.54, 1.807) is 68.1 Å². The Labute approximate surface area is 336 Å². The highest BCUT2D eigenvalue weighted by Crippen LogP contribution is 2.46. The monoisotopic (exact) mass is 823 g/mol. The van der Waals surface area contributed by atoms with Crippen molar-refractivity contribution < 1.29 is 37.9 Å². The normalized spacial score (nSPS) is 19.7. The number of carbonyl (C=O) groups excluding carboxylic acids is 3. The van der Waals surface area contributed by atoms with Crippen molar-refractivity contribution in [1.82, 2.24) is 15.1 Å². The van der Waals surface area contributed by atoms with E-state index in [2.05, 4.69) is 42.3 Å². The first-order valence-electron chi connectivity index (χ1n) is 18.5. The zero-order valence-electron chi connectivity index (χ0n) is 32.6. The summed E-state index contributed by atoms with van der Waals surface area (Å²) in [5, 5.41) is 2.92. The van der Waals surface area contributed by atoms with Gasteiger partial charge in [0.15, 0.2) is 23.0 Å². The third kappa shape index (κ3) is 9.49. The molecule has 3 amide bonds. The molecule has 1 N–H and O–H groups in total. The second-order valence-electron chi connectivity index (χ2n) is 15.0. The Hall–Kier alpha value is -4.20. The van der Waals surface area contributed by atoms with Gasteiger partial charge in [-0.3, -0.25) is 24.4 Å². The van der Waals surface area contributed by atoms with Gasteiger partial charge in [0.2, 0.25) is 5.91 Å². The summed E-state index contributed by atoms with van der Waals surface area (Å²) >= 11 is 0. The Kier molecular flexibility index (Phi) is 13.0. The van der Waals surface area contributed by atoms with Crippen LogP contribution in [0.3, 0.4) is 0 Å². The summed E-state index contributed by atoms with van der Waals surface area (Å²) in [6, 6.07) is 6.28. The molecule has 0 aliphatic carbocycles. The number of nitrogens with one attached hydrogen (secondary N) is 1. The molecule has 13 nitrogen and oxygen atoms in total. The van der Waals surface area contributed by atoms with E-state index in [0.717, 1.165) is 11.1 Å². The van der Waals surface area contributed by atoms with Gasteiger partial charge >= 0.3 is 0 Å². The summed E-state index contributed by atoms with van der Waals surface area (Å²) in [4.78, 5) is 52.6. The summed E-state index contributed by atoms with van der Waals surface area (Å²) < 4.78 is 38.1. The van der Waals surface area contributed by atoms with Crippen molar-refractivity contribution in [3.63, 3.8) is 0 Å². The fraction of sp³-hybridized carbons (Fsp3) is 0.475. The number of ether oxygens (including phenoxy) is 4. The molecule has 4 aliphatic rings. The molecule has 1 unspecified atom stereocenters. The Morgan fingerprint density at radius 2 is 1.34 bits per heavy atom. The van der Waals surface area contributed by atoms with Crippen molar-refractivity contribution in [2.24, 2.45) is 9.98 Å². The average Bonchev–Trinajstić information content (AvgIpc) is 3.68. The first-order chi connectivity index (χ1) is 26.7. The predicted octanol–water partition coefficient (Wildman–Crippen LogP) is 7.14. The molecule has 0 bridgehead atoms. The highest BCUT2D eigenvalue weighted by atomic mass is 33.1. The Balaban J connectivity index is 1.16. The minimum absolute atomic E-state index is 0.0367. The Bertz CT molecular complexity index is 1900. The van der Waals surface area contributed by atoms with Gasteiger partial charge in [0.05, 0.1) is 68.3 Å². The molecule has 2 aromatic rings. The van der Waals surface area contributed by atoms with E-state index in [4.69, 9.17) is 18.9 Å². The molecule has 16 heteroatoms. The van der Waals surface area contributed by atoms with Gasteiger partial charge in [-0.25, -0.2) is 0 Å². The van der Waals surface area contributed by atoms with Crippen molar-refractivity contribution in [1.29, 1.82) is 0 Å². The van der Waals surface area contributed by atoms with Gasteiger partial charge in [0.25, 0.3) is 11.8 Å². The molecule has 3 atom stereocenters. The molecule has 4 heterocycles. The number of fused-ring (bicyclic) bond motifs is 4. The van der Waals surface area contributed by atoms with Gasteiger partial charge < -0.3 is 38.6 Å². The fourth-order valence-corrected chi connectivity index (χ4v) is 11.2. The van der Waals surface area contributed by atoms with E-state index in [1.807, 2.05) is 6.26 Å². The number of amides is 3. The molecular formula is C40H50N5O8PS2. The molecule has 0 aromatic heterocycles. The van der Waals surface area contributed by atoms with E-state index >= 15 is 0 Å². The number of carbonyl (C=O) groups is 3. The van der Waals surface area contributed by atoms with Crippen molar-refractivity contribution >= 4 is 70.3 Å². The molecule has 56 heavy (non-hydrogen) atoms. The highest BCUT2D eigenvalue weighted by molar-refractivity contribution is 8.76. The maximum absolute atomic E-state index is 14.6. The first kappa shape index (κ1) is 41.4. The summed E-state index contributed by atoms with van der Waals surface area (Å²) in [6.45, 7) is 13.3. The lowest BCUT2D eigenvalue weighted by Gasteiger charge is -2.23. The molecule has 6 rings (SSSR count). The molecule has 0 spiro atoms. The van der Waals surface area contributed by atoms with E-state index in [9.17, 15) is 18.9 Å². The average molecular weight is 824 g/mol. The quantitative estimate of drug-likeness (QED) is 0.0992. The van der Waals surface area contributed by atoms with Gasteiger partial charge in [0, 0.05) is 61.1 Å². The van der Waals surface area contributed by atoms with E-state index in [-0.39, 0.29) is 66.4 Å². The predicted molar refractivity (Wildman–Crippen MR) is 225 cm³/mol. The number of rotatable bonds is 17. The second-order valence-corrected chi connectivity index (χ2v) is 21.4. The number of hydrogen-bond acceptors (Lipinski definition) is 12. The maximum atomic E-state index is 14.6. The number of nitrogens with zero attached hydrogens (tertiary/aromatic N) is 4. The lowest BCUT2D eigenvalue weighted by Crippen LogP contribution is -2.35. The molecule has 0 saturated carbocycles. The molecule has 2 saturated heterocycles. The van der Waals surface area contributed by atoms with Crippen molar-refractivity contribution in [2.75, 3.05) is 65.4 Å². The molecular weight excluding hydrogens is 774 g/mol. The van der Waals surface area contributed by atoms with Crippen molar-refractivity contribution in [3.05, 3.63) is 59.7 Å². The van der Waals surface area contributed by atoms with Crippen LogP contribution < -0.4 is 24.3 Å². The second kappa shape index (κ2) is 17.5. The number of methoxy groups -OCH3 is 2. The zero-order valence-corrected chi connectivity index (χ0v) is 35.2. The van der Waals surface area contributed by atoms with E-state index < -0.39 is 7.14 Å². The number of benzene rings is 2. The van der Waals surface area contributed by atoms with Gasteiger partial charge in [0.1, 0.15) is 7.14 Å². The summed E-state index contributed by atoms with van der Waals surface area (Å²) in [6.07, 6.45) is 8.01. The molecule has 2 aromatic carbocycles. The Morgan fingerprint density at radius 1 is 0.857 bits per heavy atom. The van der Waals surface area contributed by atoms with Crippen LogP contribution in [0, 0.1) is 0 Å². The topological polar surface area (TPSA) is 148 Å². The van der Waals surface area contributed by atoms with Gasteiger partial charge in [-0.2, -0.15) is 0 Å². The van der Waals surface area contributed by atoms with E-state index in [1.165, 1.54) is 14.2 Å². The number of hydrogen-bond donors (Lipinski definition) is 1. The molecule has 0 radical (unpaired) electrons. The minimum atomic E-state index is -3.16. The lowest BCUT2D eigenvalue weighted by atomic mass is 10.1. The van der Waals surface area contributed by atoms with Crippen LogP contribution in [-0.2, 0) is 9.36 Å². The van der Waals surface area contributed by atoms with Gasteiger partial charge in [-0.15, -0.1) is 0 Å². The zero-order chi connectivity index (χ0) is 40.2. The first-order valence-corrected chi connectivity index (χ1v) is 23.3. The Morgan fingerprint density at radius 3 is 1.79 bits per heavy atom. The van der Waals surface area contributed by atoms with Crippen LogP contribution in [0.15, 0.2) is 58.6 Å². The summed E-state index contributed by atoms with van der Waals surface area (Å²) in [7, 11) is 3.20. The lowest BCUT2D eigenvalue weighted by molar-refractivity contribution is -0.121. The van der Waals surface area contributed by atoms with Crippen LogP contribution in [0.1, 0.15) is 60.2 Å². The third-order valence-electron chi connectivity index (χ3n) is 10.2. The molecule has 300 valence electrons. The van der Waals surface area contributed by atoms with Crippen molar-refractivity contribution in [2.45, 2.75) is 56.4 Å². The maximum Gasteiger partial charge on any atom is 0.257 e. The number of aliphatic imine (C=N–C) groups is 2. The summed E-state index contributed by atoms with van der Waals surface area (Å²) in [5.41, 5.74) is 3.69. The van der Waals surface area contributed by atoms with Crippen LogP contribution in [0.4, 0.5) is 11.4 Å². The van der Waals surface area contributed by atoms with Gasteiger partial charge in [-0.05, 0) is 51.5 Å². The van der Waals surface area contributed by atoms with Gasteiger partial charge in [-0.1, -0.05) is 45.9 Å². The third-order valence-corrected chi connectivity index (χ3v) is 15.6. The minimum Gasteiger partial charge on any atom is -0.493 e. The highest BCUT2D eigenvalue weighted by Gasteiger charge is 2.36. The van der Waals surface area contributed by atoms with Crippen LogP contribution in [0.25, 0.3) is 0 Å². The largest absolute Gasteiger partial charge is 0.493 e. The summed E-state index contributed by atoms with van der Waals surface area (Å²) in [5.74, 6) is 0.927. The smallest absolute Gasteiger partial charge is 0.257 e. The fourth-order valence-electron chi connectivity index (χ4n) is 7.13. The standard InChI is InChI=1S/C40H50N5O8PS2/c1-25-14-27-20-41-31-18-35(33(50-5)16-29(31)38(47)44(27)22-25)52-10-12-54(49,24-43-37(46)8-9-40(3,4)56-55-7)13-11-53-36-19-32-30(17-34(36)51-6)39(48)45-23-26(2)15-28(45)21-42-32/h16-21,27-28H,1-2,8-15,22-24H2,3-7H3,(H,43,46)/t27-,28+,54?.